The van der Waals surface area contributed by atoms with Gasteiger partial charge in [0.1, 0.15) is 17.2 Å². The Kier molecular flexibility index (Phi) is 5.67. The lowest BCUT2D eigenvalue weighted by Crippen LogP contribution is -2.26. The highest BCUT2D eigenvalue weighted by Crippen LogP contribution is 2.42. The fourth-order valence-electron chi connectivity index (χ4n) is 4.54. The average molecular weight is 425 g/mol. The molecule has 3 nitrogen and oxygen atoms in total. The number of phenolic OH excluding ortho intramolecular Hbond substituents is 3. The zero-order valence-corrected chi connectivity index (χ0v) is 18.6. The van der Waals surface area contributed by atoms with E-state index in [0.717, 1.165) is 27.8 Å². The van der Waals surface area contributed by atoms with Crippen LogP contribution in [0.4, 0.5) is 0 Å². The summed E-state index contributed by atoms with van der Waals surface area (Å²) in [5.74, 6) is 0.927. The molecule has 0 aliphatic rings. The lowest BCUT2D eigenvalue weighted by molar-refractivity contribution is 0.474. The van der Waals surface area contributed by atoms with Crippen LogP contribution in [0.3, 0.4) is 0 Å². The van der Waals surface area contributed by atoms with Gasteiger partial charge in [-0.1, -0.05) is 61.5 Å². The van der Waals surface area contributed by atoms with Crippen molar-refractivity contribution in [2.24, 2.45) is 0 Å². The third-order valence-electron chi connectivity index (χ3n) is 6.57. The molecule has 0 aromatic heterocycles. The van der Waals surface area contributed by atoms with Gasteiger partial charge in [0, 0.05) is 11.3 Å². The lowest BCUT2D eigenvalue weighted by atomic mass is 9.69. The summed E-state index contributed by atoms with van der Waals surface area (Å²) in [5.41, 5.74) is 6.33. The van der Waals surface area contributed by atoms with E-state index in [0.29, 0.717) is 0 Å². The molecule has 0 bridgehead atoms. The first kappa shape index (κ1) is 21.5. The fourth-order valence-corrected chi connectivity index (χ4v) is 4.54. The predicted molar refractivity (Wildman–Crippen MR) is 129 cm³/mol. The maximum absolute atomic E-state index is 9.83. The molecule has 4 rings (SSSR count). The molecule has 32 heavy (non-hydrogen) atoms. The average Bonchev–Trinajstić information content (AvgIpc) is 2.79. The Morgan fingerprint density at radius 1 is 0.594 bits per heavy atom. The summed E-state index contributed by atoms with van der Waals surface area (Å²) in [4.78, 5) is 0. The van der Waals surface area contributed by atoms with Crippen LogP contribution in [0.5, 0.6) is 17.2 Å². The summed E-state index contributed by atoms with van der Waals surface area (Å²) in [6.07, 6.45) is 0. The molecule has 4 aromatic rings. The minimum atomic E-state index is -0.466. The van der Waals surface area contributed by atoms with Gasteiger partial charge in [0.2, 0.25) is 0 Å². The Bertz CT molecular complexity index is 1160. The maximum Gasteiger partial charge on any atom is 0.115 e. The van der Waals surface area contributed by atoms with Gasteiger partial charge in [0.05, 0.1) is 0 Å². The molecule has 3 heteroatoms. The van der Waals surface area contributed by atoms with Crippen LogP contribution in [-0.4, -0.2) is 15.3 Å². The van der Waals surface area contributed by atoms with Crippen molar-refractivity contribution in [3.63, 3.8) is 0 Å². The molecule has 4 aromatic carbocycles. The standard InChI is InChI=1S/C29H28O3/c1-19-18-22(20(2)21-4-11-25(30)12-5-21)6-17-28(19)29(3,23-7-13-26(31)14-8-23)24-9-15-27(32)16-10-24/h4-18,20,30-32H,1-3H3. The largest absolute Gasteiger partial charge is 0.508 e. The Morgan fingerprint density at radius 3 is 1.44 bits per heavy atom. The Morgan fingerprint density at radius 2 is 1.00 bits per heavy atom. The lowest BCUT2D eigenvalue weighted by Gasteiger charge is -2.34. The zero-order chi connectivity index (χ0) is 22.9. The highest BCUT2D eigenvalue weighted by atomic mass is 16.3. The molecule has 0 saturated heterocycles. The number of benzene rings is 4. The summed E-state index contributed by atoms with van der Waals surface area (Å²) in [5, 5.41) is 29.3. The van der Waals surface area contributed by atoms with Crippen LogP contribution >= 0.6 is 0 Å². The van der Waals surface area contributed by atoms with E-state index in [1.807, 2.05) is 36.4 Å². The summed E-state index contributed by atoms with van der Waals surface area (Å²) in [6.45, 7) is 6.47. The van der Waals surface area contributed by atoms with Crippen molar-refractivity contribution in [3.05, 3.63) is 124 Å². The van der Waals surface area contributed by atoms with Gasteiger partial charge in [-0.25, -0.2) is 0 Å². The molecule has 0 spiro atoms. The number of rotatable bonds is 5. The molecule has 162 valence electrons. The van der Waals surface area contributed by atoms with Crippen molar-refractivity contribution in [2.45, 2.75) is 32.1 Å². The quantitative estimate of drug-likeness (QED) is 0.316. The normalized spacial score (nSPS) is 12.5. The van der Waals surface area contributed by atoms with E-state index in [-0.39, 0.29) is 23.2 Å². The van der Waals surface area contributed by atoms with Gasteiger partial charge in [0.25, 0.3) is 0 Å². The molecule has 1 atom stereocenters. The van der Waals surface area contributed by atoms with Gasteiger partial charge in [0.15, 0.2) is 0 Å². The Balaban J connectivity index is 1.82. The van der Waals surface area contributed by atoms with E-state index < -0.39 is 5.41 Å². The second-order valence-electron chi connectivity index (χ2n) is 8.61. The number of aryl methyl sites for hydroxylation is 1. The minimum Gasteiger partial charge on any atom is -0.508 e. The highest BCUT2D eigenvalue weighted by molar-refractivity contribution is 5.54. The third kappa shape index (κ3) is 3.94. The van der Waals surface area contributed by atoms with Crippen molar-refractivity contribution < 1.29 is 15.3 Å². The van der Waals surface area contributed by atoms with Gasteiger partial charge in [-0.2, -0.15) is 0 Å². The number of phenols is 3. The van der Waals surface area contributed by atoms with Gasteiger partial charge in [-0.15, -0.1) is 0 Å². The van der Waals surface area contributed by atoms with Gasteiger partial charge in [-0.05, 0) is 83.6 Å². The van der Waals surface area contributed by atoms with Crippen LogP contribution in [0.1, 0.15) is 53.1 Å². The number of hydrogen-bond donors (Lipinski definition) is 3. The van der Waals surface area contributed by atoms with Crippen molar-refractivity contribution in [1.29, 1.82) is 0 Å². The summed E-state index contributed by atoms with van der Waals surface area (Å²) in [7, 11) is 0. The molecule has 0 radical (unpaired) electrons. The monoisotopic (exact) mass is 424 g/mol. The molecule has 3 N–H and O–H groups in total. The van der Waals surface area contributed by atoms with Gasteiger partial charge < -0.3 is 15.3 Å². The molecule has 0 heterocycles. The number of hydrogen-bond acceptors (Lipinski definition) is 3. The van der Waals surface area contributed by atoms with Crippen LogP contribution in [0, 0.1) is 6.92 Å². The van der Waals surface area contributed by atoms with E-state index in [4.69, 9.17) is 0 Å². The summed E-state index contributed by atoms with van der Waals surface area (Å²) < 4.78 is 0. The maximum atomic E-state index is 9.83. The molecule has 0 saturated carbocycles. The summed E-state index contributed by atoms with van der Waals surface area (Å²) in [6, 6.07) is 28.6. The first-order chi connectivity index (χ1) is 15.3. The van der Waals surface area contributed by atoms with E-state index >= 15 is 0 Å². The van der Waals surface area contributed by atoms with Crippen molar-refractivity contribution >= 4 is 0 Å². The molecule has 0 aliphatic heterocycles. The van der Waals surface area contributed by atoms with Crippen LogP contribution in [-0.2, 0) is 5.41 Å². The zero-order valence-electron chi connectivity index (χ0n) is 18.6. The van der Waals surface area contributed by atoms with E-state index in [2.05, 4.69) is 39.0 Å². The van der Waals surface area contributed by atoms with Gasteiger partial charge >= 0.3 is 0 Å². The molecule has 0 fully saturated rings. The molecular formula is C29H28O3. The second kappa shape index (κ2) is 8.43. The second-order valence-corrected chi connectivity index (χ2v) is 8.61. The van der Waals surface area contributed by atoms with E-state index in [1.54, 1.807) is 36.4 Å². The molecule has 0 amide bonds. The highest BCUT2D eigenvalue weighted by Gasteiger charge is 2.33. The predicted octanol–water partition coefficient (Wildman–Crippen LogP) is 6.62. The fraction of sp³-hybridized carbons (Fsp3) is 0.172. The Hall–Kier alpha value is -3.72. The minimum absolute atomic E-state index is 0.192. The first-order valence-electron chi connectivity index (χ1n) is 10.8. The van der Waals surface area contributed by atoms with Crippen LogP contribution in [0.2, 0.25) is 0 Å². The Labute approximate surface area is 189 Å². The van der Waals surface area contributed by atoms with E-state index in [9.17, 15) is 15.3 Å². The third-order valence-corrected chi connectivity index (χ3v) is 6.57. The van der Waals surface area contributed by atoms with Crippen LogP contribution < -0.4 is 0 Å². The van der Waals surface area contributed by atoms with Crippen molar-refractivity contribution in [2.75, 3.05) is 0 Å². The first-order valence-corrected chi connectivity index (χ1v) is 10.8. The molecule has 0 aliphatic carbocycles. The summed E-state index contributed by atoms with van der Waals surface area (Å²) >= 11 is 0. The van der Waals surface area contributed by atoms with Crippen LogP contribution in [0.15, 0.2) is 91.0 Å². The van der Waals surface area contributed by atoms with E-state index in [1.165, 1.54) is 5.56 Å². The topological polar surface area (TPSA) is 60.7 Å². The van der Waals surface area contributed by atoms with Crippen molar-refractivity contribution in [1.82, 2.24) is 0 Å². The number of aromatic hydroxyl groups is 3. The molecule has 1 unspecified atom stereocenters. The van der Waals surface area contributed by atoms with Gasteiger partial charge in [-0.3, -0.25) is 0 Å². The molecular weight excluding hydrogens is 396 g/mol. The van der Waals surface area contributed by atoms with Crippen LogP contribution in [0.25, 0.3) is 0 Å². The smallest absolute Gasteiger partial charge is 0.115 e. The van der Waals surface area contributed by atoms with Crippen molar-refractivity contribution in [3.8, 4) is 17.2 Å². The SMILES string of the molecule is Cc1cc(C(C)c2ccc(O)cc2)ccc1C(C)(c1ccc(O)cc1)c1ccc(O)cc1.